The highest BCUT2D eigenvalue weighted by Crippen LogP contribution is 2.36. The van der Waals surface area contributed by atoms with Crippen LogP contribution in [0.4, 0.5) is 15.9 Å². The summed E-state index contributed by atoms with van der Waals surface area (Å²) in [6.45, 7) is 6.42. The minimum absolute atomic E-state index is 0.122. The van der Waals surface area contributed by atoms with Crippen molar-refractivity contribution in [1.82, 2.24) is 15.3 Å². The minimum Gasteiger partial charge on any atom is -0.486 e. The molecule has 1 aliphatic heterocycles. The van der Waals surface area contributed by atoms with Gasteiger partial charge in [0.15, 0.2) is 11.6 Å². The SMILES string of the molecule is C[C@@H](Oc1ccc(NPI)c(C(=N)c2cnc(N3CC(C)(NCCN)C3)c(F)c2)c1)c1c(Cl)cncc1Cl. The third-order valence-corrected chi connectivity index (χ3v) is 8.01. The summed E-state index contributed by atoms with van der Waals surface area (Å²) in [4.78, 5) is 10.2. The van der Waals surface area contributed by atoms with E-state index in [0.29, 0.717) is 65.0 Å². The monoisotopic (exact) mass is 689 g/mol. The highest BCUT2D eigenvalue weighted by atomic mass is 127. The highest BCUT2D eigenvalue weighted by Gasteiger charge is 2.39. The second-order valence-corrected chi connectivity index (χ2v) is 12.1. The normalized spacial score (nSPS) is 15.4. The van der Waals surface area contributed by atoms with Gasteiger partial charge in [0.1, 0.15) is 11.9 Å². The molecule has 3 heterocycles. The maximum atomic E-state index is 15.2. The van der Waals surface area contributed by atoms with Gasteiger partial charge in [0.25, 0.3) is 0 Å². The first kappa shape index (κ1) is 29.2. The summed E-state index contributed by atoms with van der Waals surface area (Å²) in [5.41, 5.74) is 7.86. The summed E-state index contributed by atoms with van der Waals surface area (Å²) < 4.78 is 21.3. The van der Waals surface area contributed by atoms with Gasteiger partial charge in [0.05, 0.1) is 21.3 Å². The summed E-state index contributed by atoms with van der Waals surface area (Å²) in [5.74, 6) is 0.317. The molecule has 202 valence electrons. The average Bonchev–Trinajstić information content (AvgIpc) is 2.86. The molecule has 1 fully saturated rings. The number of rotatable bonds is 11. The number of nitrogens with two attached hydrogens (primary N) is 1. The molecule has 1 aromatic carbocycles. The van der Waals surface area contributed by atoms with Crippen molar-refractivity contribution in [3.05, 3.63) is 75.4 Å². The number of aromatic nitrogens is 2. The van der Waals surface area contributed by atoms with Gasteiger partial charge in [-0.25, -0.2) is 9.37 Å². The van der Waals surface area contributed by atoms with Crippen LogP contribution in [0.15, 0.2) is 42.9 Å². The molecule has 2 atom stereocenters. The summed E-state index contributed by atoms with van der Waals surface area (Å²) in [7, 11) is 0. The van der Waals surface area contributed by atoms with Crippen LogP contribution >= 0.6 is 51.6 Å². The molecule has 1 unspecified atom stereocenters. The number of anilines is 2. The Morgan fingerprint density at radius 2 is 2.00 bits per heavy atom. The Bertz CT molecular complexity index is 1310. The Kier molecular flexibility index (Phi) is 9.65. The van der Waals surface area contributed by atoms with Crippen molar-refractivity contribution < 1.29 is 9.13 Å². The first-order valence-electron chi connectivity index (χ1n) is 11.8. The van der Waals surface area contributed by atoms with Crippen molar-refractivity contribution in [2.75, 3.05) is 36.2 Å². The number of pyridine rings is 2. The van der Waals surface area contributed by atoms with Gasteiger partial charge in [-0.05, 0) is 60.2 Å². The van der Waals surface area contributed by atoms with Crippen LogP contribution in [-0.2, 0) is 0 Å². The van der Waals surface area contributed by atoms with Crippen LogP contribution < -0.4 is 25.8 Å². The van der Waals surface area contributed by atoms with E-state index in [1.807, 2.05) is 17.9 Å². The summed E-state index contributed by atoms with van der Waals surface area (Å²) in [6, 6.07) is 6.74. The number of hydrogen-bond donors (Lipinski definition) is 4. The Morgan fingerprint density at radius 1 is 1.29 bits per heavy atom. The number of nitrogens with zero attached hydrogens (tertiary/aromatic N) is 3. The smallest absolute Gasteiger partial charge is 0.166 e. The van der Waals surface area contributed by atoms with E-state index in [9.17, 15) is 0 Å². The molecule has 0 amide bonds. The second kappa shape index (κ2) is 12.6. The second-order valence-electron chi connectivity index (χ2n) is 9.24. The molecule has 0 aliphatic carbocycles. The van der Waals surface area contributed by atoms with Crippen molar-refractivity contribution >= 4 is 68.8 Å². The number of hydrogen-bond acceptors (Lipinski definition) is 8. The molecule has 38 heavy (non-hydrogen) atoms. The molecular formula is C25H28Cl2FIN7OP. The van der Waals surface area contributed by atoms with Gasteiger partial charge in [-0.3, -0.25) is 10.4 Å². The lowest BCUT2D eigenvalue weighted by Crippen LogP contribution is -2.68. The maximum absolute atomic E-state index is 15.2. The standard InChI is InChI=1S/C25H28Cl2FIN7OP/c1-14(22-18(26)10-32-11-19(22)27)37-16-3-4-21(35-38-29)17(8-16)23(31)15-7-20(28)24(33-9-15)36-12-25(2,13-36)34-6-5-30/h3-4,7-11,14,31,34-35,38H,5-6,12-13,30H2,1-2H3/t14-/m1/s1. The first-order valence-corrected chi connectivity index (χ1v) is 16.7. The third-order valence-electron chi connectivity index (χ3n) is 6.24. The highest BCUT2D eigenvalue weighted by molar-refractivity contribution is 14.2. The fourth-order valence-electron chi connectivity index (χ4n) is 4.42. The molecule has 13 heteroatoms. The van der Waals surface area contributed by atoms with Gasteiger partial charge in [0.2, 0.25) is 0 Å². The van der Waals surface area contributed by atoms with Gasteiger partial charge in [0, 0.05) is 73.5 Å². The fourth-order valence-corrected chi connectivity index (χ4v) is 6.29. The topological polar surface area (TPSA) is 112 Å². The number of ether oxygens (including phenoxy) is 1. The molecule has 0 spiro atoms. The minimum atomic E-state index is -0.471. The number of halogens is 4. The maximum Gasteiger partial charge on any atom is 0.166 e. The Morgan fingerprint density at radius 3 is 2.63 bits per heavy atom. The molecule has 0 saturated carbocycles. The van der Waals surface area contributed by atoms with Crippen LogP contribution in [0.1, 0.15) is 36.6 Å². The Labute approximate surface area is 246 Å². The van der Waals surface area contributed by atoms with Crippen molar-refractivity contribution in [2.24, 2.45) is 5.73 Å². The molecule has 3 aromatic rings. The van der Waals surface area contributed by atoms with Crippen LogP contribution in [0.5, 0.6) is 5.75 Å². The van der Waals surface area contributed by atoms with Crippen LogP contribution in [0.2, 0.25) is 10.0 Å². The lowest BCUT2D eigenvalue weighted by Gasteiger charge is -2.49. The van der Waals surface area contributed by atoms with Gasteiger partial charge in [-0.2, -0.15) is 0 Å². The summed E-state index contributed by atoms with van der Waals surface area (Å²) >= 11 is 14.8. The van der Waals surface area contributed by atoms with E-state index in [4.69, 9.17) is 39.1 Å². The van der Waals surface area contributed by atoms with Crippen molar-refractivity contribution in [3.8, 4) is 5.75 Å². The lowest BCUT2D eigenvalue weighted by molar-refractivity contribution is 0.227. The fraction of sp³-hybridized carbons (Fsp3) is 0.320. The number of benzene rings is 1. The van der Waals surface area contributed by atoms with Gasteiger partial charge in [-0.15, -0.1) is 0 Å². The largest absolute Gasteiger partial charge is 0.486 e. The Hall–Kier alpha value is -1.82. The first-order chi connectivity index (χ1) is 18.2. The van der Waals surface area contributed by atoms with Crippen molar-refractivity contribution in [3.63, 3.8) is 0 Å². The van der Waals surface area contributed by atoms with Gasteiger partial charge < -0.3 is 25.8 Å². The third kappa shape index (κ3) is 6.48. The van der Waals surface area contributed by atoms with Crippen LogP contribution in [-0.4, -0.2) is 47.4 Å². The van der Waals surface area contributed by atoms with E-state index in [1.165, 1.54) is 24.7 Å². The molecule has 2 aromatic heterocycles. The van der Waals surface area contributed by atoms with E-state index >= 15 is 4.39 Å². The quantitative estimate of drug-likeness (QED) is 0.112. The molecule has 4 rings (SSSR count). The molecule has 1 aliphatic rings. The van der Waals surface area contributed by atoms with E-state index in [0.717, 1.165) is 5.69 Å². The zero-order chi connectivity index (χ0) is 27.4. The van der Waals surface area contributed by atoms with E-state index < -0.39 is 11.9 Å². The predicted molar refractivity (Wildman–Crippen MR) is 164 cm³/mol. The molecule has 0 radical (unpaired) electrons. The molecule has 0 bridgehead atoms. The average molecular weight is 690 g/mol. The molecule has 5 N–H and O–H groups in total. The zero-order valence-corrected chi connectivity index (χ0v) is 25.5. The van der Waals surface area contributed by atoms with E-state index in [2.05, 4.69) is 49.3 Å². The van der Waals surface area contributed by atoms with E-state index in [1.54, 1.807) is 12.1 Å². The van der Waals surface area contributed by atoms with Crippen molar-refractivity contribution in [2.45, 2.75) is 25.5 Å². The number of nitrogens with one attached hydrogen (secondary N) is 3. The van der Waals surface area contributed by atoms with Gasteiger partial charge >= 0.3 is 0 Å². The van der Waals surface area contributed by atoms with Crippen LogP contribution in [0, 0.1) is 11.2 Å². The molecule has 8 nitrogen and oxygen atoms in total. The zero-order valence-electron chi connectivity index (χ0n) is 20.8. The molecule has 1 saturated heterocycles. The molecular weight excluding hydrogens is 662 g/mol. The van der Waals surface area contributed by atoms with Crippen LogP contribution in [0.3, 0.4) is 0 Å². The van der Waals surface area contributed by atoms with Crippen molar-refractivity contribution in [1.29, 1.82) is 5.41 Å². The lowest BCUT2D eigenvalue weighted by atomic mass is 9.92. The van der Waals surface area contributed by atoms with E-state index in [-0.39, 0.29) is 17.1 Å². The predicted octanol–water partition coefficient (Wildman–Crippen LogP) is 5.96. The summed E-state index contributed by atoms with van der Waals surface area (Å²) in [5, 5.41) is 16.4. The van der Waals surface area contributed by atoms with Crippen LogP contribution in [0.25, 0.3) is 0 Å². The Balaban J connectivity index is 1.56. The van der Waals surface area contributed by atoms with Gasteiger partial charge in [-0.1, -0.05) is 23.2 Å². The summed E-state index contributed by atoms with van der Waals surface area (Å²) in [6.07, 6.45) is 4.47.